The van der Waals surface area contributed by atoms with E-state index in [1.807, 2.05) is 0 Å². The summed E-state index contributed by atoms with van der Waals surface area (Å²) in [7, 11) is 0. The Bertz CT molecular complexity index is 231. The standard InChI is InChI=1S/C5H5ClN2O/c1-4-7-2-3-8(4)5(6)9/h2-3H,1H3. The Kier molecular flexibility index (Phi) is 1.53. The molecule has 0 N–H and O–H groups in total. The fourth-order valence-electron chi connectivity index (χ4n) is 0.564. The monoisotopic (exact) mass is 144 g/mol. The highest BCUT2D eigenvalue weighted by Gasteiger charge is 2.00. The van der Waals surface area contributed by atoms with Crippen molar-refractivity contribution in [1.82, 2.24) is 9.55 Å². The number of nitrogens with zero attached hydrogens (tertiary/aromatic N) is 2. The van der Waals surface area contributed by atoms with E-state index in [4.69, 9.17) is 11.6 Å². The van der Waals surface area contributed by atoms with Gasteiger partial charge in [-0.25, -0.2) is 4.98 Å². The summed E-state index contributed by atoms with van der Waals surface area (Å²) in [5, 5.41) is -0.523. The number of aromatic nitrogens is 2. The minimum atomic E-state index is -0.523. The number of hydrogen-bond donors (Lipinski definition) is 0. The lowest BCUT2D eigenvalue weighted by molar-refractivity contribution is 0.260. The van der Waals surface area contributed by atoms with E-state index in [1.54, 1.807) is 6.92 Å². The van der Waals surface area contributed by atoms with Crippen molar-refractivity contribution < 1.29 is 4.79 Å². The van der Waals surface area contributed by atoms with Crippen LogP contribution in [0.15, 0.2) is 12.4 Å². The first-order chi connectivity index (χ1) is 4.22. The molecule has 1 aromatic rings. The summed E-state index contributed by atoms with van der Waals surface area (Å²) < 4.78 is 1.27. The second-order valence-corrected chi connectivity index (χ2v) is 1.92. The highest BCUT2D eigenvalue weighted by Crippen LogP contribution is 1.97. The van der Waals surface area contributed by atoms with Gasteiger partial charge in [-0.2, -0.15) is 0 Å². The van der Waals surface area contributed by atoms with Crippen LogP contribution >= 0.6 is 11.6 Å². The summed E-state index contributed by atoms with van der Waals surface area (Å²) in [5.41, 5.74) is 0. The molecule has 0 aromatic carbocycles. The van der Waals surface area contributed by atoms with Crippen molar-refractivity contribution in [2.24, 2.45) is 0 Å². The molecule has 4 heteroatoms. The number of carbonyl (C=O) groups is 1. The van der Waals surface area contributed by atoms with Crippen molar-refractivity contribution in [3.05, 3.63) is 18.2 Å². The lowest BCUT2D eigenvalue weighted by atomic mass is 10.7. The topological polar surface area (TPSA) is 34.9 Å². The van der Waals surface area contributed by atoms with Crippen LogP contribution in [0.3, 0.4) is 0 Å². The van der Waals surface area contributed by atoms with Gasteiger partial charge < -0.3 is 0 Å². The van der Waals surface area contributed by atoms with Crippen LogP contribution < -0.4 is 0 Å². The molecular formula is C5H5ClN2O. The fourth-order valence-corrected chi connectivity index (χ4v) is 0.742. The number of carbonyl (C=O) groups excluding carboxylic acids is 1. The van der Waals surface area contributed by atoms with Crippen molar-refractivity contribution in [3.8, 4) is 0 Å². The average molecular weight is 145 g/mol. The van der Waals surface area contributed by atoms with Gasteiger partial charge in [0.2, 0.25) is 0 Å². The largest absolute Gasteiger partial charge is 0.325 e. The van der Waals surface area contributed by atoms with Gasteiger partial charge in [-0.3, -0.25) is 9.36 Å². The first kappa shape index (κ1) is 6.29. The molecule has 0 aliphatic carbocycles. The van der Waals surface area contributed by atoms with Gasteiger partial charge in [-0.05, 0) is 18.5 Å². The van der Waals surface area contributed by atoms with Crippen LogP contribution in [-0.4, -0.2) is 14.9 Å². The lowest BCUT2D eigenvalue weighted by Gasteiger charge is -1.91. The molecule has 0 aliphatic rings. The van der Waals surface area contributed by atoms with Crippen LogP contribution in [0.2, 0.25) is 0 Å². The molecule has 0 saturated heterocycles. The van der Waals surface area contributed by atoms with Gasteiger partial charge in [0.15, 0.2) is 0 Å². The predicted octanol–water partition coefficient (Wildman–Crippen LogP) is 1.40. The SMILES string of the molecule is Cc1nccn1C(=O)Cl. The summed E-state index contributed by atoms with van der Waals surface area (Å²) in [6.07, 6.45) is 3.04. The Labute approximate surface area is 57.3 Å². The molecule has 0 atom stereocenters. The summed E-state index contributed by atoms with van der Waals surface area (Å²) >= 11 is 5.13. The maximum Gasteiger partial charge on any atom is 0.325 e. The van der Waals surface area contributed by atoms with Crippen molar-refractivity contribution in [3.63, 3.8) is 0 Å². The minimum absolute atomic E-state index is 0.523. The second kappa shape index (κ2) is 2.19. The second-order valence-electron chi connectivity index (χ2n) is 1.60. The van der Waals surface area contributed by atoms with Gasteiger partial charge in [-0.15, -0.1) is 0 Å². The molecule has 3 nitrogen and oxygen atoms in total. The van der Waals surface area contributed by atoms with Gasteiger partial charge in [0.1, 0.15) is 5.82 Å². The van der Waals surface area contributed by atoms with Crippen LogP contribution in [0.4, 0.5) is 4.79 Å². The van der Waals surface area contributed by atoms with E-state index < -0.39 is 5.37 Å². The number of halogens is 1. The molecule has 1 heterocycles. The molecule has 0 spiro atoms. The van der Waals surface area contributed by atoms with Gasteiger partial charge >= 0.3 is 5.37 Å². The third-order valence-electron chi connectivity index (χ3n) is 1.02. The van der Waals surface area contributed by atoms with E-state index in [0.717, 1.165) is 0 Å². The zero-order valence-electron chi connectivity index (χ0n) is 4.84. The molecule has 48 valence electrons. The van der Waals surface area contributed by atoms with E-state index in [-0.39, 0.29) is 0 Å². The first-order valence-electron chi connectivity index (χ1n) is 2.41. The summed E-state index contributed by atoms with van der Waals surface area (Å²) in [6, 6.07) is 0. The molecule has 1 rings (SSSR count). The van der Waals surface area contributed by atoms with Gasteiger partial charge in [0, 0.05) is 12.4 Å². The van der Waals surface area contributed by atoms with Crippen molar-refractivity contribution in [1.29, 1.82) is 0 Å². The number of hydrogen-bond acceptors (Lipinski definition) is 2. The Morgan fingerprint density at radius 1 is 1.89 bits per heavy atom. The van der Waals surface area contributed by atoms with Gasteiger partial charge in [-0.1, -0.05) is 0 Å². The van der Waals surface area contributed by atoms with E-state index in [9.17, 15) is 4.79 Å². The first-order valence-corrected chi connectivity index (χ1v) is 2.79. The summed E-state index contributed by atoms with van der Waals surface area (Å²) in [5.74, 6) is 0.606. The van der Waals surface area contributed by atoms with Crippen molar-refractivity contribution in [2.45, 2.75) is 6.92 Å². The maximum atomic E-state index is 10.4. The average Bonchev–Trinajstić information content (AvgIpc) is 2.13. The molecule has 1 aromatic heterocycles. The molecular weight excluding hydrogens is 140 g/mol. The van der Waals surface area contributed by atoms with Crippen LogP contribution in [0.25, 0.3) is 0 Å². The molecule has 0 aliphatic heterocycles. The quantitative estimate of drug-likeness (QED) is 0.516. The molecule has 0 saturated carbocycles. The van der Waals surface area contributed by atoms with E-state index in [1.165, 1.54) is 17.0 Å². The number of aryl methyl sites for hydroxylation is 1. The van der Waals surface area contributed by atoms with E-state index >= 15 is 0 Å². The molecule has 9 heavy (non-hydrogen) atoms. The molecule has 0 fully saturated rings. The zero-order chi connectivity index (χ0) is 6.85. The van der Waals surface area contributed by atoms with Gasteiger partial charge in [0.05, 0.1) is 0 Å². The lowest BCUT2D eigenvalue weighted by Crippen LogP contribution is -2.01. The molecule has 0 unspecified atom stereocenters. The van der Waals surface area contributed by atoms with Gasteiger partial charge in [0.25, 0.3) is 0 Å². The summed E-state index contributed by atoms with van der Waals surface area (Å²) in [4.78, 5) is 14.2. The number of rotatable bonds is 0. The normalized spacial score (nSPS) is 9.56. The Hall–Kier alpha value is -0.830. The minimum Gasteiger partial charge on any atom is -0.260 e. The maximum absolute atomic E-state index is 10.4. The smallest absolute Gasteiger partial charge is 0.260 e. The Morgan fingerprint density at radius 2 is 2.56 bits per heavy atom. The fraction of sp³-hybridized carbons (Fsp3) is 0.200. The van der Waals surface area contributed by atoms with Crippen LogP contribution in [-0.2, 0) is 0 Å². The third kappa shape index (κ3) is 1.10. The molecule has 0 amide bonds. The van der Waals surface area contributed by atoms with E-state index in [0.29, 0.717) is 5.82 Å². The molecule has 0 bridgehead atoms. The Balaban J connectivity index is 3.08. The zero-order valence-corrected chi connectivity index (χ0v) is 5.59. The predicted molar refractivity (Wildman–Crippen MR) is 33.6 cm³/mol. The summed E-state index contributed by atoms with van der Waals surface area (Å²) in [6.45, 7) is 1.71. The van der Waals surface area contributed by atoms with Crippen molar-refractivity contribution in [2.75, 3.05) is 0 Å². The van der Waals surface area contributed by atoms with Crippen LogP contribution in [0, 0.1) is 6.92 Å². The molecule has 0 radical (unpaired) electrons. The van der Waals surface area contributed by atoms with E-state index in [2.05, 4.69) is 4.98 Å². The number of imidazole rings is 1. The van der Waals surface area contributed by atoms with Crippen LogP contribution in [0.5, 0.6) is 0 Å². The van der Waals surface area contributed by atoms with Crippen LogP contribution in [0.1, 0.15) is 5.82 Å². The third-order valence-corrected chi connectivity index (χ3v) is 1.20. The highest BCUT2D eigenvalue weighted by molar-refractivity contribution is 6.63. The van der Waals surface area contributed by atoms with Crippen molar-refractivity contribution >= 4 is 17.0 Å². The Morgan fingerprint density at radius 3 is 2.78 bits per heavy atom. The highest BCUT2D eigenvalue weighted by atomic mass is 35.5.